The number of alkyl halides is 2. The summed E-state index contributed by atoms with van der Waals surface area (Å²) >= 11 is 0. The summed E-state index contributed by atoms with van der Waals surface area (Å²) in [6, 6.07) is 0. The molecule has 0 radical (unpaired) electrons. The molecule has 2 N–H and O–H groups in total. The van der Waals surface area contributed by atoms with Crippen LogP contribution in [0.2, 0.25) is 0 Å². The second-order valence-corrected chi connectivity index (χ2v) is 4.65. The zero-order valence-electron chi connectivity index (χ0n) is 12.6. The van der Waals surface area contributed by atoms with Gasteiger partial charge < -0.3 is 10.6 Å². The van der Waals surface area contributed by atoms with Crippen LogP contribution in [0.25, 0.3) is 0 Å². The van der Waals surface area contributed by atoms with Crippen molar-refractivity contribution in [3.63, 3.8) is 0 Å². The molecule has 0 aliphatic rings. The van der Waals surface area contributed by atoms with E-state index in [0.29, 0.717) is 34.7 Å². The molecule has 0 spiro atoms. The number of carbonyl (C=O) groups excluding carboxylic acids is 1. The van der Waals surface area contributed by atoms with Crippen LogP contribution in [0.3, 0.4) is 0 Å². The Morgan fingerprint density at radius 2 is 1.95 bits per heavy atom. The maximum Gasteiger partial charge on any atom is 0.333 e. The van der Waals surface area contributed by atoms with Gasteiger partial charge in [-0.3, -0.25) is 4.79 Å². The molecule has 0 atom stereocenters. The molecule has 1 aromatic heterocycles. The van der Waals surface area contributed by atoms with Gasteiger partial charge in [0.1, 0.15) is 0 Å². The van der Waals surface area contributed by atoms with E-state index in [9.17, 15) is 13.6 Å². The molecule has 0 fully saturated rings. The van der Waals surface area contributed by atoms with Gasteiger partial charge in [0, 0.05) is 24.3 Å². The topological polar surface area (TPSA) is 58.9 Å². The summed E-state index contributed by atoms with van der Waals surface area (Å²) in [5.74, 6) is -0.177. The van der Waals surface area contributed by atoms with E-state index >= 15 is 0 Å². The van der Waals surface area contributed by atoms with Gasteiger partial charge in [0.15, 0.2) is 0 Å². The van der Waals surface area contributed by atoms with Crippen LogP contribution < -0.4 is 10.6 Å². The molecular formula is C13H23ClF2N4O. The smallest absolute Gasteiger partial charge is 0.333 e. The van der Waals surface area contributed by atoms with Crippen LogP contribution in [0.4, 0.5) is 8.78 Å². The van der Waals surface area contributed by atoms with E-state index < -0.39 is 6.55 Å². The van der Waals surface area contributed by atoms with Gasteiger partial charge >= 0.3 is 6.55 Å². The first-order valence-electron chi connectivity index (χ1n) is 6.77. The van der Waals surface area contributed by atoms with Gasteiger partial charge in [0.2, 0.25) is 5.91 Å². The number of hydrogen-bond donors (Lipinski definition) is 2. The van der Waals surface area contributed by atoms with E-state index in [1.54, 1.807) is 13.8 Å². The third-order valence-electron chi connectivity index (χ3n) is 3.05. The molecule has 0 unspecified atom stereocenters. The van der Waals surface area contributed by atoms with Gasteiger partial charge in [-0.2, -0.15) is 13.9 Å². The zero-order valence-corrected chi connectivity index (χ0v) is 13.4. The third kappa shape index (κ3) is 5.97. The highest BCUT2D eigenvalue weighted by Crippen LogP contribution is 2.19. The largest absolute Gasteiger partial charge is 0.355 e. The van der Waals surface area contributed by atoms with Crippen molar-refractivity contribution in [2.45, 2.75) is 40.2 Å². The SMILES string of the molecule is CCCNCCNC(=O)Cc1c(C)nn(C(F)F)c1C.Cl. The van der Waals surface area contributed by atoms with Crippen molar-refractivity contribution in [1.29, 1.82) is 0 Å². The molecule has 8 heteroatoms. The fourth-order valence-corrected chi connectivity index (χ4v) is 1.96. The Morgan fingerprint density at radius 3 is 2.48 bits per heavy atom. The molecule has 0 aliphatic carbocycles. The summed E-state index contributed by atoms with van der Waals surface area (Å²) < 4.78 is 26.0. The lowest BCUT2D eigenvalue weighted by Gasteiger charge is -2.07. The van der Waals surface area contributed by atoms with E-state index in [1.807, 2.05) is 0 Å². The molecule has 1 rings (SSSR count). The third-order valence-corrected chi connectivity index (χ3v) is 3.05. The number of nitrogens with one attached hydrogen (secondary N) is 2. The van der Waals surface area contributed by atoms with Gasteiger partial charge in [-0.25, -0.2) is 4.68 Å². The maximum absolute atomic E-state index is 12.7. The summed E-state index contributed by atoms with van der Waals surface area (Å²) in [7, 11) is 0. The first kappa shape index (κ1) is 19.8. The molecule has 21 heavy (non-hydrogen) atoms. The number of aromatic nitrogens is 2. The van der Waals surface area contributed by atoms with E-state index in [0.717, 1.165) is 13.0 Å². The highest BCUT2D eigenvalue weighted by molar-refractivity contribution is 5.85. The van der Waals surface area contributed by atoms with Gasteiger partial charge in [-0.1, -0.05) is 6.92 Å². The highest BCUT2D eigenvalue weighted by atomic mass is 35.5. The van der Waals surface area contributed by atoms with Crippen LogP contribution in [-0.4, -0.2) is 35.3 Å². The predicted octanol–water partition coefficient (Wildman–Crippen LogP) is 1.98. The average Bonchev–Trinajstić information content (AvgIpc) is 2.66. The number of rotatable bonds is 8. The Labute approximate surface area is 129 Å². The Morgan fingerprint density at radius 1 is 1.29 bits per heavy atom. The summed E-state index contributed by atoms with van der Waals surface area (Å²) in [6.45, 7) is 4.72. The molecule has 0 bridgehead atoms. The summed E-state index contributed by atoms with van der Waals surface area (Å²) in [6.07, 6.45) is 1.12. The van der Waals surface area contributed by atoms with Crippen LogP contribution in [-0.2, 0) is 11.2 Å². The Kier molecular flexibility index (Phi) is 9.12. The van der Waals surface area contributed by atoms with Gasteiger partial charge in [0.25, 0.3) is 0 Å². The molecule has 0 aliphatic heterocycles. The van der Waals surface area contributed by atoms with Gasteiger partial charge in [-0.05, 0) is 26.8 Å². The molecule has 0 saturated heterocycles. The Bertz CT molecular complexity index is 452. The number of carbonyl (C=O) groups is 1. The summed E-state index contributed by atoms with van der Waals surface area (Å²) in [5.41, 5.74) is 1.39. The lowest BCUT2D eigenvalue weighted by atomic mass is 10.1. The molecule has 5 nitrogen and oxygen atoms in total. The van der Waals surface area contributed by atoms with E-state index in [1.165, 1.54) is 0 Å². The summed E-state index contributed by atoms with van der Waals surface area (Å²) in [4.78, 5) is 11.8. The molecule has 0 aromatic carbocycles. The highest BCUT2D eigenvalue weighted by Gasteiger charge is 2.18. The normalized spacial score (nSPS) is 10.6. The predicted molar refractivity (Wildman–Crippen MR) is 80.1 cm³/mol. The van der Waals surface area contributed by atoms with Gasteiger partial charge in [-0.15, -0.1) is 12.4 Å². The maximum atomic E-state index is 12.7. The number of nitrogens with zero attached hydrogens (tertiary/aromatic N) is 2. The Hall–Kier alpha value is -1.21. The minimum absolute atomic E-state index is 0. The van der Waals surface area contributed by atoms with E-state index in [2.05, 4.69) is 22.7 Å². The standard InChI is InChI=1S/C13H22F2N4O.ClH/c1-4-5-16-6-7-17-12(20)8-11-9(2)18-19(10(11)3)13(14)15;/h13,16H,4-8H2,1-3H3,(H,17,20);1H. The second kappa shape index (κ2) is 9.68. The van der Waals surface area contributed by atoms with Crippen LogP contribution >= 0.6 is 12.4 Å². The molecule has 0 saturated carbocycles. The Balaban J connectivity index is 0.00000400. The molecule has 1 heterocycles. The zero-order chi connectivity index (χ0) is 15.1. The van der Waals surface area contributed by atoms with Crippen LogP contribution in [0.5, 0.6) is 0 Å². The number of halogens is 3. The lowest BCUT2D eigenvalue weighted by Crippen LogP contribution is -2.33. The minimum atomic E-state index is -2.68. The monoisotopic (exact) mass is 324 g/mol. The molecule has 1 amide bonds. The average molecular weight is 325 g/mol. The number of aryl methyl sites for hydroxylation is 1. The number of amides is 1. The van der Waals surface area contributed by atoms with Gasteiger partial charge in [0.05, 0.1) is 12.1 Å². The van der Waals surface area contributed by atoms with Crippen molar-refractivity contribution in [3.05, 3.63) is 17.0 Å². The van der Waals surface area contributed by atoms with Crippen molar-refractivity contribution in [3.8, 4) is 0 Å². The van der Waals surface area contributed by atoms with Crippen molar-refractivity contribution < 1.29 is 13.6 Å². The first-order valence-corrected chi connectivity index (χ1v) is 6.77. The van der Waals surface area contributed by atoms with E-state index in [4.69, 9.17) is 0 Å². The van der Waals surface area contributed by atoms with Crippen molar-refractivity contribution in [2.75, 3.05) is 19.6 Å². The summed E-state index contributed by atoms with van der Waals surface area (Å²) in [5, 5.41) is 9.68. The molecule has 1 aromatic rings. The molecule has 122 valence electrons. The van der Waals surface area contributed by atoms with Crippen LogP contribution in [0.15, 0.2) is 0 Å². The van der Waals surface area contributed by atoms with Crippen LogP contribution in [0, 0.1) is 13.8 Å². The molecular weight excluding hydrogens is 302 g/mol. The second-order valence-electron chi connectivity index (χ2n) is 4.65. The van der Waals surface area contributed by atoms with Crippen molar-refractivity contribution in [1.82, 2.24) is 20.4 Å². The first-order chi connectivity index (χ1) is 9.47. The quantitative estimate of drug-likeness (QED) is 0.719. The van der Waals surface area contributed by atoms with E-state index in [-0.39, 0.29) is 24.7 Å². The fraction of sp³-hybridized carbons (Fsp3) is 0.692. The fourth-order valence-electron chi connectivity index (χ4n) is 1.96. The number of hydrogen-bond acceptors (Lipinski definition) is 3. The lowest BCUT2D eigenvalue weighted by molar-refractivity contribution is -0.120. The van der Waals surface area contributed by atoms with Crippen molar-refractivity contribution in [2.24, 2.45) is 0 Å². The van der Waals surface area contributed by atoms with Crippen LogP contribution in [0.1, 0.15) is 36.8 Å². The minimum Gasteiger partial charge on any atom is -0.355 e. The van der Waals surface area contributed by atoms with Crippen molar-refractivity contribution >= 4 is 18.3 Å².